The highest BCUT2D eigenvalue weighted by Gasteiger charge is 2.51. The number of benzene rings is 1. The van der Waals surface area contributed by atoms with E-state index < -0.39 is 43.2 Å². The Labute approximate surface area is 131 Å². The SMILES string of the molecule is COC(=O)[C@@H]1C[C@@H](C(F)(F)F)CN1C(=O)OCc1ccccc1. The van der Waals surface area contributed by atoms with E-state index >= 15 is 0 Å². The fourth-order valence-electron chi connectivity index (χ4n) is 2.44. The lowest BCUT2D eigenvalue weighted by Crippen LogP contribution is -2.41. The Kier molecular flexibility index (Phi) is 5.12. The molecule has 0 bridgehead atoms. The summed E-state index contributed by atoms with van der Waals surface area (Å²) in [6.07, 6.45) is -5.96. The first-order valence-corrected chi connectivity index (χ1v) is 6.94. The van der Waals surface area contributed by atoms with Crippen molar-refractivity contribution in [2.24, 2.45) is 5.92 Å². The number of carbonyl (C=O) groups is 2. The van der Waals surface area contributed by atoms with Crippen LogP contribution in [0.1, 0.15) is 12.0 Å². The van der Waals surface area contributed by atoms with Crippen LogP contribution in [0.5, 0.6) is 0 Å². The number of halogens is 3. The first-order chi connectivity index (χ1) is 10.8. The number of methoxy groups -OCH3 is 1. The molecule has 1 aliphatic rings. The molecule has 0 radical (unpaired) electrons. The Morgan fingerprint density at radius 3 is 2.48 bits per heavy atom. The van der Waals surface area contributed by atoms with Crippen LogP contribution < -0.4 is 0 Å². The third-order valence-electron chi connectivity index (χ3n) is 3.68. The van der Waals surface area contributed by atoms with Gasteiger partial charge in [0.1, 0.15) is 12.6 Å². The van der Waals surface area contributed by atoms with Crippen molar-refractivity contribution < 1.29 is 32.2 Å². The van der Waals surface area contributed by atoms with E-state index in [4.69, 9.17) is 4.74 Å². The number of alkyl halides is 3. The Morgan fingerprint density at radius 1 is 1.26 bits per heavy atom. The molecule has 0 aliphatic carbocycles. The van der Waals surface area contributed by atoms with Crippen LogP contribution in [0.25, 0.3) is 0 Å². The zero-order chi connectivity index (χ0) is 17.0. The van der Waals surface area contributed by atoms with E-state index in [0.717, 1.165) is 12.0 Å². The van der Waals surface area contributed by atoms with Gasteiger partial charge in [0.25, 0.3) is 0 Å². The van der Waals surface area contributed by atoms with Crippen molar-refractivity contribution in [2.45, 2.75) is 25.2 Å². The van der Waals surface area contributed by atoms with Gasteiger partial charge >= 0.3 is 18.2 Å². The Balaban J connectivity index is 2.05. The molecule has 5 nitrogen and oxygen atoms in total. The number of nitrogens with zero attached hydrogens (tertiary/aromatic N) is 1. The van der Waals surface area contributed by atoms with Gasteiger partial charge in [-0.3, -0.25) is 4.90 Å². The summed E-state index contributed by atoms with van der Waals surface area (Å²) in [5, 5.41) is 0. The van der Waals surface area contributed by atoms with Crippen LogP contribution in [0.15, 0.2) is 30.3 Å². The van der Waals surface area contributed by atoms with Gasteiger partial charge in [-0.05, 0) is 12.0 Å². The molecule has 1 heterocycles. The van der Waals surface area contributed by atoms with Crippen molar-refractivity contribution in [1.29, 1.82) is 0 Å². The lowest BCUT2D eigenvalue weighted by molar-refractivity contribution is -0.170. The molecule has 1 amide bonds. The van der Waals surface area contributed by atoms with Crippen LogP contribution >= 0.6 is 0 Å². The normalized spacial score (nSPS) is 21.1. The first-order valence-electron chi connectivity index (χ1n) is 6.94. The molecule has 8 heteroatoms. The van der Waals surface area contributed by atoms with Gasteiger partial charge in [-0.15, -0.1) is 0 Å². The maximum absolute atomic E-state index is 12.9. The fourth-order valence-corrected chi connectivity index (χ4v) is 2.44. The second-order valence-corrected chi connectivity index (χ2v) is 5.21. The van der Waals surface area contributed by atoms with Crippen molar-refractivity contribution in [3.05, 3.63) is 35.9 Å². The topological polar surface area (TPSA) is 55.8 Å². The molecule has 0 N–H and O–H groups in total. The summed E-state index contributed by atoms with van der Waals surface area (Å²) in [6, 6.07) is 7.43. The first kappa shape index (κ1) is 17.1. The van der Waals surface area contributed by atoms with Gasteiger partial charge in [0, 0.05) is 6.54 Å². The molecule has 0 saturated carbocycles. The molecule has 126 valence electrons. The highest BCUT2D eigenvalue weighted by Crippen LogP contribution is 2.37. The summed E-state index contributed by atoms with van der Waals surface area (Å²) < 4.78 is 48.1. The van der Waals surface area contributed by atoms with Gasteiger partial charge in [0.15, 0.2) is 0 Å². The van der Waals surface area contributed by atoms with Crippen molar-refractivity contribution >= 4 is 12.1 Å². The van der Waals surface area contributed by atoms with Gasteiger partial charge in [-0.1, -0.05) is 30.3 Å². The molecule has 2 rings (SSSR count). The molecule has 0 aromatic heterocycles. The minimum atomic E-state index is -4.49. The highest BCUT2D eigenvalue weighted by atomic mass is 19.4. The highest BCUT2D eigenvalue weighted by molar-refractivity contribution is 5.82. The zero-order valence-corrected chi connectivity index (χ0v) is 12.4. The smallest absolute Gasteiger partial charge is 0.410 e. The number of carbonyl (C=O) groups excluding carboxylic acids is 2. The summed E-state index contributed by atoms with van der Waals surface area (Å²) in [6.45, 7) is -0.697. The summed E-state index contributed by atoms with van der Waals surface area (Å²) in [4.78, 5) is 24.5. The van der Waals surface area contributed by atoms with Crippen LogP contribution in [0.4, 0.5) is 18.0 Å². The quantitative estimate of drug-likeness (QED) is 0.799. The van der Waals surface area contributed by atoms with E-state index in [1.165, 1.54) is 0 Å². The molecule has 1 aromatic carbocycles. The molecule has 0 spiro atoms. The third-order valence-corrected chi connectivity index (χ3v) is 3.68. The second-order valence-electron chi connectivity index (χ2n) is 5.21. The van der Waals surface area contributed by atoms with Crippen molar-refractivity contribution in [2.75, 3.05) is 13.7 Å². The molecule has 2 atom stereocenters. The third kappa shape index (κ3) is 4.14. The largest absolute Gasteiger partial charge is 0.467 e. The molecular weight excluding hydrogens is 315 g/mol. The van der Waals surface area contributed by atoms with Crippen molar-refractivity contribution in [3.63, 3.8) is 0 Å². The second kappa shape index (κ2) is 6.89. The Bertz CT molecular complexity index is 562. The lowest BCUT2D eigenvalue weighted by Gasteiger charge is -2.22. The summed E-state index contributed by atoms with van der Waals surface area (Å²) in [5.41, 5.74) is 0.696. The predicted molar refractivity (Wildman–Crippen MR) is 73.3 cm³/mol. The van der Waals surface area contributed by atoms with Crippen LogP contribution in [-0.4, -0.2) is 42.8 Å². The maximum atomic E-state index is 12.9. The summed E-state index contributed by atoms with van der Waals surface area (Å²) in [5.74, 6) is -2.65. The lowest BCUT2D eigenvalue weighted by atomic mass is 10.1. The van der Waals surface area contributed by atoms with Gasteiger partial charge in [-0.25, -0.2) is 9.59 Å². The number of hydrogen-bond donors (Lipinski definition) is 0. The van der Waals surface area contributed by atoms with Crippen LogP contribution in [0.2, 0.25) is 0 Å². The summed E-state index contributed by atoms with van der Waals surface area (Å²) in [7, 11) is 1.07. The number of esters is 1. The van der Waals surface area contributed by atoms with Crippen LogP contribution in [-0.2, 0) is 20.9 Å². The zero-order valence-electron chi connectivity index (χ0n) is 12.4. The number of amides is 1. The van der Waals surface area contributed by atoms with Gasteiger partial charge in [0.2, 0.25) is 0 Å². The molecule has 0 unspecified atom stereocenters. The van der Waals surface area contributed by atoms with E-state index in [-0.39, 0.29) is 6.61 Å². The maximum Gasteiger partial charge on any atom is 0.410 e. The van der Waals surface area contributed by atoms with Crippen molar-refractivity contribution in [1.82, 2.24) is 4.90 Å². The minimum Gasteiger partial charge on any atom is -0.467 e. The summed E-state index contributed by atoms with van der Waals surface area (Å²) >= 11 is 0. The number of ether oxygens (including phenoxy) is 2. The van der Waals surface area contributed by atoms with Gasteiger partial charge in [0.05, 0.1) is 13.0 Å². The van der Waals surface area contributed by atoms with E-state index in [2.05, 4.69) is 4.74 Å². The average Bonchev–Trinajstić information content (AvgIpc) is 2.98. The molecule has 1 aromatic rings. The van der Waals surface area contributed by atoms with E-state index in [9.17, 15) is 22.8 Å². The molecule has 1 fully saturated rings. The van der Waals surface area contributed by atoms with Crippen molar-refractivity contribution in [3.8, 4) is 0 Å². The fraction of sp³-hybridized carbons (Fsp3) is 0.467. The van der Waals surface area contributed by atoms with Crippen LogP contribution in [0.3, 0.4) is 0 Å². The van der Waals surface area contributed by atoms with Gasteiger partial charge in [-0.2, -0.15) is 13.2 Å². The van der Waals surface area contributed by atoms with E-state index in [1.54, 1.807) is 30.3 Å². The monoisotopic (exact) mass is 331 g/mol. The average molecular weight is 331 g/mol. The van der Waals surface area contributed by atoms with Crippen LogP contribution in [0, 0.1) is 5.92 Å². The molecular formula is C15H16F3NO4. The van der Waals surface area contributed by atoms with Gasteiger partial charge < -0.3 is 9.47 Å². The molecule has 23 heavy (non-hydrogen) atoms. The number of rotatable bonds is 3. The number of likely N-dealkylation sites (tertiary alicyclic amines) is 1. The number of hydrogen-bond acceptors (Lipinski definition) is 4. The molecule has 1 aliphatic heterocycles. The van der Waals surface area contributed by atoms with E-state index in [0.29, 0.717) is 5.56 Å². The predicted octanol–water partition coefficient (Wildman–Crippen LogP) is 2.75. The Hall–Kier alpha value is -2.25. The minimum absolute atomic E-state index is 0.0826. The molecule has 1 saturated heterocycles. The Morgan fingerprint density at radius 2 is 1.91 bits per heavy atom. The van der Waals surface area contributed by atoms with E-state index in [1.807, 2.05) is 0 Å². The standard InChI is InChI=1S/C15H16F3NO4/c1-22-13(20)12-7-11(15(16,17)18)8-19(12)14(21)23-9-10-5-3-2-4-6-10/h2-6,11-12H,7-9H2,1H3/t11-,12+/m1/s1.